The van der Waals surface area contributed by atoms with Crippen molar-refractivity contribution < 1.29 is 27.8 Å². The van der Waals surface area contributed by atoms with Crippen LogP contribution in [0.15, 0.2) is 36.4 Å². The molecule has 0 saturated carbocycles. The molecule has 1 fully saturated rings. The Labute approximate surface area is 192 Å². The Bertz CT molecular complexity index is 960. The lowest BCUT2D eigenvalue weighted by Crippen LogP contribution is -2.54. The maximum Gasteiger partial charge on any atom is 0.227 e. The summed E-state index contributed by atoms with van der Waals surface area (Å²) in [6, 6.07) is 8.39. The van der Waals surface area contributed by atoms with Crippen LogP contribution >= 0.6 is 12.4 Å². The van der Waals surface area contributed by atoms with Crippen LogP contribution in [0.3, 0.4) is 0 Å². The molecule has 2 atom stereocenters. The van der Waals surface area contributed by atoms with Gasteiger partial charge in [0.2, 0.25) is 5.91 Å². The Morgan fingerprint density at radius 3 is 2.53 bits per heavy atom. The van der Waals surface area contributed by atoms with E-state index in [0.29, 0.717) is 23.9 Å². The highest BCUT2D eigenvalue weighted by atomic mass is 35.5. The summed E-state index contributed by atoms with van der Waals surface area (Å²) in [6.45, 7) is 1.01. The van der Waals surface area contributed by atoms with Gasteiger partial charge in [-0.3, -0.25) is 4.79 Å². The summed E-state index contributed by atoms with van der Waals surface area (Å²) in [5, 5.41) is 11.6. The average Bonchev–Trinajstić information content (AvgIpc) is 2.73. The van der Waals surface area contributed by atoms with E-state index in [2.05, 4.69) is 0 Å². The van der Waals surface area contributed by atoms with E-state index in [-0.39, 0.29) is 49.8 Å². The minimum Gasteiger partial charge on any atom is -0.497 e. The molecule has 5 nitrogen and oxygen atoms in total. The Morgan fingerprint density at radius 2 is 1.88 bits per heavy atom. The van der Waals surface area contributed by atoms with Crippen molar-refractivity contribution in [1.82, 2.24) is 9.80 Å². The largest absolute Gasteiger partial charge is 0.497 e. The Kier molecular flexibility index (Phi) is 8.56. The molecule has 0 aliphatic carbocycles. The fourth-order valence-electron chi connectivity index (χ4n) is 4.14. The molecular weight excluding hydrogens is 445 g/mol. The van der Waals surface area contributed by atoms with E-state index in [9.17, 15) is 23.1 Å². The van der Waals surface area contributed by atoms with Crippen molar-refractivity contribution >= 4 is 18.3 Å². The van der Waals surface area contributed by atoms with Gasteiger partial charge in [0.05, 0.1) is 19.1 Å². The molecule has 1 amide bonds. The third-order valence-electron chi connectivity index (χ3n) is 5.82. The smallest absolute Gasteiger partial charge is 0.227 e. The monoisotopic (exact) mass is 472 g/mol. The van der Waals surface area contributed by atoms with Gasteiger partial charge in [0, 0.05) is 37.2 Å². The maximum absolute atomic E-state index is 14.0. The standard InChI is InChI=1S/C23H27F3N2O3.ClH/c1-27(2)13-17-14-28(22(29)10-15-9-20(25)21(26)12-19(15)24)8-7-23(17,30)16-5-4-6-18(11-16)31-3;/h4-6,9,11-12,17,30H,7-8,10,13-14H2,1-3H3;1H. The van der Waals surface area contributed by atoms with E-state index < -0.39 is 29.0 Å². The molecule has 2 unspecified atom stereocenters. The summed E-state index contributed by atoms with van der Waals surface area (Å²) in [6.07, 6.45) is -0.0972. The van der Waals surface area contributed by atoms with E-state index in [1.54, 1.807) is 24.1 Å². The molecule has 0 radical (unpaired) electrons. The molecule has 32 heavy (non-hydrogen) atoms. The lowest BCUT2D eigenvalue weighted by atomic mass is 9.75. The summed E-state index contributed by atoms with van der Waals surface area (Å²) in [4.78, 5) is 16.3. The minimum atomic E-state index is -1.29. The first-order valence-electron chi connectivity index (χ1n) is 10.1. The molecule has 1 aliphatic rings. The van der Waals surface area contributed by atoms with Crippen molar-refractivity contribution in [3.63, 3.8) is 0 Å². The molecule has 1 heterocycles. The number of carbonyl (C=O) groups excluding carboxylic acids is 1. The van der Waals surface area contributed by atoms with Crippen LogP contribution in [0.5, 0.6) is 5.75 Å². The van der Waals surface area contributed by atoms with E-state index in [1.807, 2.05) is 31.1 Å². The number of methoxy groups -OCH3 is 1. The number of hydrogen-bond acceptors (Lipinski definition) is 4. The Balaban J connectivity index is 0.00000363. The number of likely N-dealkylation sites (tertiary alicyclic amines) is 1. The summed E-state index contributed by atoms with van der Waals surface area (Å²) < 4.78 is 45.9. The summed E-state index contributed by atoms with van der Waals surface area (Å²) in [5.74, 6) is -3.53. The number of rotatable bonds is 6. The van der Waals surface area contributed by atoms with Crippen LogP contribution in [0.4, 0.5) is 13.2 Å². The fraction of sp³-hybridized carbons (Fsp3) is 0.435. The van der Waals surface area contributed by atoms with Crippen LogP contribution in [0.25, 0.3) is 0 Å². The number of ether oxygens (including phenoxy) is 1. The van der Waals surface area contributed by atoms with Gasteiger partial charge in [-0.1, -0.05) is 12.1 Å². The van der Waals surface area contributed by atoms with Crippen LogP contribution < -0.4 is 4.74 Å². The zero-order chi connectivity index (χ0) is 22.8. The number of halogens is 4. The van der Waals surface area contributed by atoms with Gasteiger partial charge in [0.15, 0.2) is 11.6 Å². The van der Waals surface area contributed by atoms with Crippen LogP contribution in [-0.4, -0.2) is 61.7 Å². The van der Waals surface area contributed by atoms with E-state index >= 15 is 0 Å². The van der Waals surface area contributed by atoms with Gasteiger partial charge in [-0.2, -0.15) is 0 Å². The zero-order valence-corrected chi connectivity index (χ0v) is 19.1. The zero-order valence-electron chi connectivity index (χ0n) is 18.3. The first-order chi connectivity index (χ1) is 14.6. The first kappa shape index (κ1) is 26.0. The molecule has 176 valence electrons. The van der Waals surface area contributed by atoms with Gasteiger partial charge in [-0.15, -0.1) is 12.4 Å². The van der Waals surface area contributed by atoms with Crippen LogP contribution in [0.1, 0.15) is 17.5 Å². The summed E-state index contributed by atoms with van der Waals surface area (Å²) in [7, 11) is 5.31. The van der Waals surface area contributed by atoms with Crippen molar-refractivity contribution in [1.29, 1.82) is 0 Å². The quantitative estimate of drug-likeness (QED) is 0.655. The summed E-state index contributed by atoms with van der Waals surface area (Å²) >= 11 is 0. The fourth-order valence-corrected chi connectivity index (χ4v) is 4.14. The lowest BCUT2D eigenvalue weighted by molar-refractivity contribution is -0.141. The average molecular weight is 473 g/mol. The van der Waals surface area contributed by atoms with Gasteiger partial charge in [0.1, 0.15) is 11.6 Å². The molecule has 1 saturated heterocycles. The van der Waals surface area contributed by atoms with Crippen molar-refractivity contribution in [2.45, 2.75) is 18.4 Å². The molecule has 2 aromatic carbocycles. The van der Waals surface area contributed by atoms with Crippen LogP contribution in [0, 0.1) is 23.4 Å². The van der Waals surface area contributed by atoms with Crippen molar-refractivity contribution in [3.05, 3.63) is 65.0 Å². The number of amides is 1. The second-order valence-electron chi connectivity index (χ2n) is 8.24. The molecule has 0 spiro atoms. The van der Waals surface area contributed by atoms with Crippen molar-refractivity contribution in [2.24, 2.45) is 5.92 Å². The number of benzene rings is 2. The normalized spacial score (nSPS) is 20.8. The van der Waals surface area contributed by atoms with Gasteiger partial charge in [-0.25, -0.2) is 13.2 Å². The first-order valence-corrected chi connectivity index (χ1v) is 10.1. The van der Waals surface area contributed by atoms with Crippen LogP contribution in [-0.2, 0) is 16.8 Å². The number of carbonyl (C=O) groups is 1. The number of hydrogen-bond donors (Lipinski definition) is 1. The van der Waals surface area contributed by atoms with E-state index in [0.717, 1.165) is 6.07 Å². The molecule has 3 rings (SSSR count). The highest BCUT2D eigenvalue weighted by Gasteiger charge is 2.44. The topological polar surface area (TPSA) is 53.0 Å². The molecule has 0 bridgehead atoms. The predicted molar refractivity (Wildman–Crippen MR) is 117 cm³/mol. The number of aliphatic hydroxyl groups is 1. The SMILES string of the molecule is COc1cccc(C2(O)CCN(C(=O)Cc3cc(F)c(F)cc3F)CC2CN(C)C)c1.Cl. The molecular formula is C23H28ClF3N2O3. The van der Waals surface area contributed by atoms with Gasteiger partial charge in [0.25, 0.3) is 0 Å². The number of piperidine rings is 1. The lowest BCUT2D eigenvalue weighted by Gasteiger charge is -2.46. The molecule has 2 aromatic rings. The van der Waals surface area contributed by atoms with E-state index in [1.165, 1.54) is 0 Å². The van der Waals surface area contributed by atoms with Gasteiger partial charge >= 0.3 is 0 Å². The van der Waals surface area contributed by atoms with Crippen molar-refractivity contribution in [3.8, 4) is 5.75 Å². The molecule has 0 aromatic heterocycles. The molecule has 9 heteroatoms. The molecule has 1 aliphatic heterocycles. The van der Waals surface area contributed by atoms with Gasteiger partial charge in [-0.05, 0) is 44.3 Å². The predicted octanol–water partition coefficient (Wildman–Crippen LogP) is 3.37. The second kappa shape index (κ2) is 10.6. The Morgan fingerprint density at radius 1 is 1.19 bits per heavy atom. The molecule has 1 N–H and O–H groups in total. The third kappa shape index (κ3) is 5.54. The van der Waals surface area contributed by atoms with E-state index in [4.69, 9.17) is 4.74 Å². The second-order valence-corrected chi connectivity index (χ2v) is 8.24. The number of nitrogens with zero attached hydrogens (tertiary/aromatic N) is 2. The summed E-state index contributed by atoms with van der Waals surface area (Å²) in [5.41, 5.74) is -0.665. The highest BCUT2D eigenvalue weighted by molar-refractivity contribution is 5.85. The van der Waals surface area contributed by atoms with Crippen molar-refractivity contribution in [2.75, 3.05) is 40.8 Å². The highest BCUT2D eigenvalue weighted by Crippen LogP contribution is 2.39. The van der Waals surface area contributed by atoms with Gasteiger partial charge < -0.3 is 19.6 Å². The Hall–Kier alpha value is -2.29. The van der Waals surface area contributed by atoms with Crippen LogP contribution in [0.2, 0.25) is 0 Å². The minimum absolute atomic E-state index is 0. The third-order valence-corrected chi connectivity index (χ3v) is 5.82. The maximum atomic E-state index is 14.0.